The maximum absolute atomic E-state index is 12.8. The van der Waals surface area contributed by atoms with Gasteiger partial charge < -0.3 is 9.47 Å². The number of carbonyl (C=O) groups is 1. The second-order valence-electron chi connectivity index (χ2n) is 6.01. The van der Waals surface area contributed by atoms with E-state index in [4.69, 9.17) is 14.6 Å². The molecular weight excluding hydrogens is 382 g/mol. The zero-order valence-electron chi connectivity index (χ0n) is 15.5. The third-order valence-electron chi connectivity index (χ3n) is 4.19. The van der Waals surface area contributed by atoms with Crippen molar-refractivity contribution >= 4 is 33.4 Å². The number of nitrogens with two attached hydrogens (primary N) is 1. The second-order valence-corrected chi connectivity index (χ2v) is 7.58. The summed E-state index contributed by atoms with van der Waals surface area (Å²) in [5.41, 5.74) is 2.15. The molecule has 3 rings (SSSR count). The maximum atomic E-state index is 12.8. The van der Waals surface area contributed by atoms with Crippen molar-refractivity contribution in [2.75, 3.05) is 19.2 Å². The van der Waals surface area contributed by atoms with Crippen LogP contribution in [0.25, 0.3) is 6.08 Å². The molecule has 2 N–H and O–H groups in total. The number of sulfonamides is 1. The predicted octanol–water partition coefficient (Wildman–Crippen LogP) is 2.16. The Bertz CT molecular complexity index is 1090. The van der Waals surface area contributed by atoms with Gasteiger partial charge in [-0.2, -0.15) is 10.1 Å². The summed E-state index contributed by atoms with van der Waals surface area (Å²) in [5, 5.41) is 10.6. The van der Waals surface area contributed by atoms with E-state index in [0.29, 0.717) is 28.5 Å². The van der Waals surface area contributed by atoms with Gasteiger partial charge in [-0.1, -0.05) is 6.07 Å². The van der Waals surface area contributed by atoms with Crippen LogP contribution in [0, 0.1) is 0 Å². The average molecular weight is 401 g/mol. The topological polar surface area (TPSA) is 111 Å². The highest BCUT2D eigenvalue weighted by molar-refractivity contribution is 7.89. The van der Waals surface area contributed by atoms with E-state index >= 15 is 0 Å². The first-order chi connectivity index (χ1) is 13.2. The van der Waals surface area contributed by atoms with Crippen molar-refractivity contribution in [3.8, 4) is 11.5 Å². The van der Waals surface area contributed by atoms with Crippen LogP contribution in [0.5, 0.6) is 11.5 Å². The van der Waals surface area contributed by atoms with Gasteiger partial charge in [-0.15, -0.1) is 0 Å². The van der Waals surface area contributed by atoms with E-state index in [1.165, 1.54) is 36.4 Å². The first-order valence-electron chi connectivity index (χ1n) is 8.21. The largest absolute Gasteiger partial charge is 0.493 e. The minimum absolute atomic E-state index is 0.0373. The van der Waals surface area contributed by atoms with E-state index in [-0.39, 0.29) is 10.8 Å². The molecular formula is C19H19N3O5S. The second kappa shape index (κ2) is 7.45. The lowest BCUT2D eigenvalue weighted by Gasteiger charge is -2.12. The lowest BCUT2D eigenvalue weighted by atomic mass is 10.1. The van der Waals surface area contributed by atoms with Gasteiger partial charge in [0.2, 0.25) is 10.0 Å². The molecule has 0 unspecified atom stereocenters. The Hall–Kier alpha value is -3.17. The fraction of sp³-hybridized carbons (Fsp3) is 0.158. The van der Waals surface area contributed by atoms with Crippen LogP contribution in [-0.2, 0) is 14.8 Å². The Balaban J connectivity index is 1.92. The van der Waals surface area contributed by atoms with Crippen molar-refractivity contribution in [2.45, 2.75) is 11.8 Å². The van der Waals surface area contributed by atoms with Gasteiger partial charge in [-0.3, -0.25) is 4.79 Å². The van der Waals surface area contributed by atoms with E-state index in [1.807, 2.05) is 0 Å². The quantitative estimate of drug-likeness (QED) is 0.772. The first-order valence-corrected chi connectivity index (χ1v) is 9.76. The van der Waals surface area contributed by atoms with Crippen LogP contribution in [0.2, 0.25) is 0 Å². The van der Waals surface area contributed by atoms with Gasteiger partial charge >= 0.3 is 0 Å². The third-order valence-corrected chi connectivity index (χ3v) is 5.12. The first kappa shape index (κ1) is 19.6. The Kier molecular flexibility index (Phi) is 5.21. The van der Waals surface area contributed by atoms with Crippen LogP contribution < -0.4 is 19.6 Å². The molecule has 146 valence electrons. The molecule has 0 fully saturated rings. The van der Waals surface area contributed by atoms with Crippen molar-refractivity contribution in [3.63, 3.8) is 0 Å². The summed E-state index contributed by atoms with van der Waals surface area (Å²) in [5.74, 6) is 0.812. The van der Waals surface area contributed by atoms with Crippen molar-refractivity contribution < 1.29 is 22.7 Å². The summed E-state index contributed by atoms with van der Waals surface area (Å²) in [7, 11) is -0.719. The number of hydrogen-bond donors (Lipinski definition) is 1. The van der Waals surface area contributed by atoms with E-state index < -0.39 is 10.0 Å². The van der Waals surface area contributed by atoms with Gasteiger partial charge in [0.15, 0.2) is 11.5 Å². The van der Waals surface area contributed by atoms with Crippen molar-refractivity contribution in [2.24, 2.45) is 10.2 Å². The lowest BCUT2D eigenvalue weighted by molar-refractivity contribution is -0.114. The summed E-state index contributed by atoms with van der Waals surface area (Å²) < 4.78 is 33.3. The van der Waals surface area contributed by atoms with Crippen LogP contribution in [0.4, 0.5) is 5.69 Å². The number of ether oxygens (including phenoxy) is 2. The van der Waals surface area contributed by atoms with Crippen molar-refractivity contribution in [3.05, 3.63) is 53.6 Å². The van der Waals surface area contributed by atoms with Gasteiger partial charge in [0.1, 0.15) is 0 Å². The maximum Gasteiger partial charge on any atom is 0.280 e. The van der Waals surface area contributed by atoms with Crippen LogP contribution >= 0.6 is 0 Å². The van der Waals surface area contributed by atoms with Gasteiger partial charge in [-0.05, 0) is 55.0 Å². The fourth-order valence-corrected chi connectivity index (χ4v) is 3.26. The highest BCUT2D eigenvalue weighted by atomic mass is 32.2. The monoisotopic (exact) mass is 401 g/mol. The molecule has 1 aliphatic heterocycles. The van der Waals surface area contributed by atoms with Gasteiger partial charge in [0.25, 0.3) is 5.91 Å². The molecule has 0 saturated carbocycles. The van der Waals surface area contributed by atoms with E-state index in [2.05, 4.69) is 5.10 Å². The number of anilines is 1. The van der Waals surface area contributed by atoms with Gasteiger partial charge in [0.05, 0.1) is 36.1 Å². The molecule has 0 spiro atoms. The molecule has 1 aliphatic rings. The molecule has 2 aromatic rings. The predicted molar refractivity (Wildman–Crippen MR) is 106 cm³/mol. The minimum atomic E-state index is -3.80. The number of hydrogen-bond acceptors (Lipinski definition) is 6. The number of nitrogens with zero attached hydrogens (tertiary/aromatic N) is 2. The lowest BCUT2D eigenvalue weighted by Crippen LogP contribution is -2.21. The van der Waals surface area contributed by atoms with Crippen molar-refractivity contribution in [1.82, 2.24) is 0 Å². The van der Waals surface area contributed by atoms with E-state index in [1.54, 1.807) is 38.3 Å². The number of primary sulfonamides is 1. The number of carbonyl (C=O) groups excluding carboxylic acids is 1. The summed E-state index contributed by atoms with van der Waals surface area (Å²) in [6.45, 7) is 1.73. The number of methoxy groups -OCH3 is 2. The Labute approximate surface area is 162 Å². The average Bonchev–Trinajstić information content (AvgIpc) is 2.95. The Morgan fingerprint density at radius 1 is 1.04 bits per heavy atom. The van der Waals surface area contributed by atoms with Crippen LogP contribution in [0.1, 0.15) is 12.5 Å². The van der Waals surface area contributed by atoms with Crippen LogP contribution in [0.3, 0.4) is 0 Å². The minimum Gasteiger partial charge on any atom is -0.493 e. The highest BCUT2D eigenvalue weighted by Crippen LogP contribution is 2.30. The Morgan fingerprint density at radius 2 is 1.68 bits per heavy atom. The normalized spacial score (nSPS) is 15.7. The fourth-order valence-electron chi connectivity index (χ4n) is 2.75. The number of rotatable bonds is 5. The molecule has 9 heteroatoms. The molecule has 0 atom stereocenters. The smallest absolute Gasteiger partial charge is 0.280 e. The molecule has 0 saturated heterocycles. The summed E-state index contributed by atoms with van der Waals surface area (Å²) >= 11 is 0. The number of benzene rings is 2. The van der Waals surface area contributed by atoms with Gasteiger partial charge in [-0.25, -0.2) is 13.6 Å². The van der Waals surface area contributed by atoms with Crippen LogP contribution in [0.15, 0.2) is 58.0 Å². The molecule has 1 amide bonds. The van der Waals surface area contributed by atoms with Crippen molar-refractivity contribution in [1.29, 1.82) is 0 Å². The van der Waals surface area contributed by atoms with Crippen LogP contribution in [-0.4, -0.2) is 34.3 Å². The molecule has 0 radical (unpaired) electrons. The SMILES string of the molecule is COc1ccc(C=C2C(=O)N(c3ccc(S(N)(=O)=O)cc3)N=C2C)cc1OC. The highest BCUT2D eigenvalue weighted by Gasteiger charge is 2.29. The molecule has 0 aliphatic carbocycles. The Morgan fingerprint density at radius 3 is 2.25 bits per heavy atom. The van der Waals surface area contributed by atoms with Gasteiger partial charge in [0, 0.05) is 0 Å². The molecule has 0 bridgehead atoms. The summed E-state index contributed by atoms with van der Waals surface area (Å²) in [6, 6.07) is 10.9. The third kappa shape index (κ3) is 3.75. The molecule has 8 nitrogen and oxygen atoms in total. The zero-order chi connectivity index (χ0) is 20.5. The number of amides is 1. The summed E-state index contributed by atoms with van der Waals surface area (Å²) in [6.07, 6.45) is 1.71. The number of hydrazone groups is 1. The zero-order valence-corrected chi connectivity index (χ0v) is 16.4. The van der Waals surface area contributed by atoms with E-state index in [9.17, 15) is 13.2 Å². The molecule has 28 heavy (non-hydrogen) atoms. The van der Waals surface area contributed by atoms with E-state index in [0.717, 1.165) is 5.56 Å². The standard InChI is InChI=1S/C19H19N3O5S/c1-12-16(10-13-4-9-17(26-2)18(11-13)27-3)19(23)22(21-12)14-5-7-15(8-6-14)28(20,24)25/h4-11H,1-3H3,(H2,20,24,25). The molecule has 1 heterocycles. The molecule has 0 aromatic heterocycles. The summed E-state index contributed by atoms with van der Waals surface area (Å²) in [4.78, 5) is 12.8. The molecule has 2 aromatic carbocycles.